The van der Waals surface area contributed by atoms with Crippen LogP contribution in [0.1, 0.15) is 42.6 Å². The molecule has 17 heavy (non-hydrogen) atoms. The highest BCUT2D eigenvalue weighted by molar-refractivity contribution is 8.01. The molecule has 0 amide bonds. The van der Waals surface area contributed by atoms with Gasteiger partial charge >= 0.3 is 0 Å². The van der Waals surface area contributed by atoms with Gasteiger partial charge in [0.2, 0.25) is 11.0 Å². The summed E-state index contributed by atoms with van der Waals surface area (Å²) in [6, 6.07) is 0. The standard InChI is InChI=1S/C9H11N5OS2/c1-4(16-9-13-12-8(10)17-9)7-11-6(14-15-7)5-2-3-5/h4-5H,2-3H2,1H3,(H2,10,12)/t4-/m0/s1. The summed E-state index contributed by atoms with van der Waals surface area (Å²) < 4.78 is 6.07. The summed E-state index contributed by atoms with van der Waals surface area (Å²) in [5, 5.41) is 12.3. The minimum absolute atomic E-state index is 0.0716. The number of hydrogen-bond acceptors (Lipinski definition) is 8. The van der Waals surface area contributed by atoms with Crippen molar-refractivity contribution in [3.8, 4) is 0 Å². The zero-order valence-corrected chi connectivity index (χ0v) is 10.8. The summed E-state index contributed by atoms with van der Waals surface area (Å²) in [7, 11) is 0. The van der Waals surface area contributed by atoms with Crippen molar-refractivity contribution in [1.29, 1.82) is 0 Å². The maximum Gasteiger partial charge on any atom is 0.239 e. The van der Waals surface area contributed by atoms with Gasteiger partial charge in [0, 0.05) is 5.92 Å². The number of aromatic nitrogens is 4. The van der Waals surface area contributed by atoms with Crippen molar-refractivity contribution >= 4 is 28.2 Å². The molecule has 1 aliphatic carbocycles. The van der Waals surface area contributed by atoms with E-state index in [-0.39, 0.29) is 5.25 Å². The monoisotopic (exact) mass is 269 g/mol. The Balaban J connectivity index is 1.69. The second-order valence-electron chi connectivity index (χ2n) is 3.93. The van der Waals surface area contributed by atoms with E-state index in [1.165, 1.54) is 35.9 Å². The molecule has 0 radical (unpaired) electrons. The molecule has 0 spiro atoms. The number of nitrogens with zero attached hydrogens (tertiary/aromatic N) is 4. The lowest BCUT2D eigenvalue weighted by atomic mass is 10.4. The van der Waals surface area contributed by atoms with E-state index in [1.54, 1.807) is 0 Å². The molecular weight excluding hydrogens is 258 g/mol. The summed E-state index contributed by atoms with van der Waals surface area (Å²) in [5.41, 5.74) is 5.53. The molecule has 2 heterocycles. The lowest BCUT2D eigenvalue weighted by Gasteiger charge is -2.00. The van der Waals surface area contributed by atoms with Gasteiger partial charge in [0.05, 0.1) is 5.25 Å². The van der Waals surface area contributed by atoms with Gasteiger partial charge < -0.3 is 10.3 Å². The second-order valence-corrected chi connectivity index (χ2v) is 6.53. The number of thioether (sulfide) groups is 1. The van der Waals surface area contributed by atoms with Gasteiger partial charge in [-0.1, -0.05) is 28.3 Å². The zero-order valence-electron chi connectivity index (χ0n) is 9.16. The van der Waals surface area contributed by atoms with Gasteiger partial charge in [0.15, 0.2) is 10.2 Å². The van der Waals surface area contributed by atoms with Crippen molar-refractivity contribution in [1.82, 2.24) is 20.3 Å². The van der Waals surface area contributed by atoms with Crippen LogP contribution >= 0.6 is 23.1 Å². The molecule has 90 valence electrons. The molecule has 1 fully saturated rings. The van der Waals surface area contributed by atoms with Crippen LogP contribution in [0.2, 0.25) is 0 Å². The molecule has 2 N–H and O–H groups in total. The van der Waals surface area contributed by atoms with E-state index in [0.29, 0.717) is 16.9 Å². The Morgan fingerprint density at radius 2 is 2.29 bits per heavy atom. The molecule has 0 aliphatic heterocycles. The van der Waals surface area contributed by atoms with E-state index in [1.807, 2.05) is 6.92 Å². The number of anilines is 1. The van der Waals surface area contributed by atoms with Crippen molar-refractivity contribution in [2.75, 3.05) is 5.73 Å². The maximum absolute atomic E-state index is 5.53. The van der Waals surface area contributed by atoms with E-state index < -0.39 is 0 Å². The Kier molecular flexibility index (Phi) is 2.75. The average molecular weight is 269 g/mol. The van der Waals surface area contributed by atoms with E-state index in [9.17, 15) is 0 Å². The van der Waals surface area contributed by atoms with Gasteiger partial charge in [-0.15, -0.1) is 10.2 Å². The molecular formula is C9H11N5OS2. The Hall–Kier alpha value is -1.15. The third-order valence-electron chi connectivity index (χ3n) is 2.45. The van der Waals surface area contributed by atoms with Crippen LogP contribution in [0.25, 0.3) is 0 Å². The highest BCUT2D eigenvalue weighted by atomic mass is 32.2. The SMILES string of the molecule is C[C@H](Sc1nnc(N)s1)c1nc(C2CC2)no1. The highest BCUT2D eigenvalue weighted by Gasteiger charge is 2.29. The Morgan fingerprint density at radius 1 is 1.47 bits per heavy atom. The molecule has 1 atom stereocenters. The first kappa shape index (κ1) is 11.0. The smallest absolute Gasteiger partial charge is 0.239 e. The van der Waals surface area contributed by atoms with Crippen molar-refractivity contribution in [2.24, 2.45) is 0 Å². The van der Waals surface area contributed by atoms with Crippen LogP contribution in [-0.4, -0.2) is 20.3 Å². The fourth-order valence-corrected chi connectivity index (χ4v) is 3.20. The predicted molar refractivity (Wildman–Crippen MR) is 64.9 cm³/mol. The van der Waals surface area contributed by atoms with Gasteiger partial charge in [-0.3, -0.25) is 0 Å². The quantitative estimate of drug-likeness (QED) is 0.851. The van der Waals surface area contributed by atoms with Crippen LogP contribution in [0.4, 0.5) is 5.13 Å². The normalized spacial score (nSPS) is 17.2. The molecule has 0 unspecified atom stereocenters. The van der Waals surface area contributed by atoms with E-state index in [2.05, 4.69) is 20.3 Å². The number of hydrogen-bond donors (Lipinski definition) is 1. The molecule has 3 rings (SSSR count). The van der Waals surface area contributed by atoms with E-state index in [0.717, 1.165) is 10.2 Å². The first-order valence-electron chi connectivity index (χ1n) is 5.31. The minimum Gasteiger partial charge on any atom is -0.374 e. The predicted octanol–water partition coefficient (Wildman–Crippen LogP) is 2.23. The van der Waals surface area contributed by atoms with E-state index in [4.69, 9.17) is 10.3 Å². The third kappa shape index (κ3) is 2.42. The lowest BCUT2D eigenvalue weighted by molar-refractivity contribution is 0.375. The largest absolute Gasteiger partial charge is 0.374 e. The summed E-state index contributed by atoms with van der Waals surface area (Å²) in [6.07, 6.45) is 2.35. The molecule has 2 aromatic rings. The molecule has 0 bridgehead atoms. The van der Waals surface area contributed by atoms with Crippen molar-refractivity contribution in [2.45, 2.75) is 35.3 Å². The summed E-state index contributed by atoms with van der Waals surface area (Å²) in [6.45, 7) is 2.01. The molecule has 2 aromatic heterocycles. The van der Waals surface area contributed by atoms with Crippen LogP contribution in [0.15, 0.2) is 8.86 Å². The molecule has 1 aliphatic rings. The third-order valence-corrected chi connectivity index (χ3v) is 4.37. The molecule has 0 aromatic carbocycles. The van der Waals surface area contributed by atoms with Gasteiger partial charge in [0.25, 0.3) is 0 Å². The topological polar surface area (TPSA) is 90.7 Å². The van der Waals surface area contributed by atoms with Crippen molar-refractivity contribution in [3.63, 3.8) is 0 Å². The van der Waals surface area contributed by atoms with Gasteiger partial charge in [-0.05, 0) is 19.8 Å². The molecule has 1 saturated carbocycles. The summed E-state index contributed by atoms with van der Waals surface area (Å²) >= 11 is 2.90. The Bertz CT molecular complexity index is 521. The number of nitrogen functional groups attached to an aromatic ring is 1. The summed E-state index contributed by atoms with van der Waals surface area (Å²) in [5.74, 6) is 2.00. The van der Waals surface area contributed by atoms with Crippen LogP contribution in [0.3, 0.4) is 0 Å². The zero-order chi connectivity index (χ0) is 11.8. The van der Waals surface area contributed by atoms with Gasteiger partial charge in [-0.25, -0.2) is 0 Å². The van der Waals surface area contributed by atoms with Gasteiger partial charge in [0.1, 0.15) is 0 Å². The van der Waals surface area contributed by atoms with Crippen LogP contribution < -0.4 is 5.73 Å². The first-order chi connectivity index (χ1) is 8.22. The van der Waals surface area contributed by atoms with Gasteiger partial charge in [-0.2, -0.15) is 4.98 Å². The average Bonchev–Trinajstić information content (AvgIpc) is 2.88. The fourth-order valence-electron chi connectivity index (χ4n) is 1.39. The highest BCUT2D eigenvalue weighted by Crippen LogP contribution is 2.40. The van der Waals surface area contributed by atoms with Crippen molar-refractivity contribution < 1.29 is 4.52 Å². The van der Waals surface area contributed by atoms with Crippen LogP contribution in [0.5, 0.6) is 0 Å². The Morgan fingerprint density at radius 3 is 2.94 bits per heavy atom. The van der Waals surface area contributed by atoms with Crippen LogP contribution in [0, 0.1) is 0 Å². The van der Waals surface area contributed by atoms with Crippen LogP contribution in [-0.2, 0) is 0 Å². The maximum atomic E-state index is 5.53. The minimum atomic E-state index is 0.0716. The lowest BCUT2D eigenvalue weighted by Crippen LogP contribution is -1.89. The first-order valence-corrected chi connectivity index (χ1v) is 7.01. The molecule has 6 nitrogen and oxygen atoms in total. The molecule has 8 heteroatoms. The molecule has 0 saturated heterocycles. The van der Waals surface area contributed by atoms with E-state index >= 15 is 0 Å². The Labute approximate surface area is 106 Å². The number of rotatable bonds is 4. The fraction of sp³-hybridized carbons (Fsp3) is 0.556. The summed E-state index contributed by atoms with van der Waals surface area (Å²) in [4.78, 5) is 4.40. The second kappa shape index (κ2) is 4.26. The van der Waals surface area contributed by atoms with Crippen molar-refractivity contribution in [3.05, 3.63) is 11.7 Å². The number of nitrogens with two attached hydrogens (primary N) is 1.